The van der Waals surface area contributed by atoms with Gasteiger partial charge in [0.2, 0.25) is 5.91 Å². The summed E-state index contributed by atoms with van der Waals surface area (Å²) in [7, 11) is 0. The monoisotopic (exact) mass is 241 g/mol. The molecule has 1 aromatic heterocycles. The molecule has 0 spiro atoms. The molecule has 7 heteroatoms. The summed E-state index contributed by atoms with van der Waals surface area (Å²) in [6, 6.07) is 1.63. The number of nitrogens with two attached hydrogens (primary N) is 2. The number of anilines is 2. The minimum absolute atomic E-state index is 0.126. The first-order chi connectivity index (χ1) is 7.56. The van der Waals surface area contributed by atoms with Gasteiger partial charge in [0, 0.05) is 12.6 Å². The summed E-state index contributed by atoms with van der Waals surface area (Å²) in [6.45, 7) is 2.67. The lowest BCUT2D eigenvalue weighted by atomic mass is 10.4. The van der Waals surface area contributed by atoms with E-state index >= 15 is 0 Å². The molecule has 0 saturated carbocycles. The first kappa shape index (κ1) is 12.6. The average Bonchev–Trinajstić information content (AvgIpc) is 2.24. The number of hydrogen-bond acceptors (Lipinski definition) is 6. The minimum atomic E-state index is -0.398. The fourth-order valence-corrected chi connectivity index (χ4v) is 1.61. The van der Waals surface area contributed by atoms with Gasteiger partial charge >= 0.3 is 0 Å². The van der Waals surface area contributed by atoms with E-state index in [1.54, 1.807) is 11.0 Å². The number of hydrogen-bond donors (Lipinski definition) is 2. The topological polar surface area (TPSA) is 98.1 Å². The SMILES string of the molecule is CCN(CC(N)=O)c1cc(N)nc(SC)n1. The lowest BCUT2D eigenvalue weighted by molar-refractivity contribution is -0.116. The van der Waals surface area contributed by atoms with E-state index in [1.165, 1.54) is 11.8 Å². The van der Waals surface area contributed by atoms with Crippen LogP contribution in [0.2, 0.25) is 0 Å². The maximum absolute atomic E-state index is 10.9. The Bertz CT molecular complexity index is 384. The quantitative estimate of drug-likeness (QED) is 0.560. The summed E-state index contributed by atoms with van der Waals surface area (Å²) in [5.41, 5.74) is 10.8. The molecule has 0 aliphatic heterocycles. The summed E-state index contributed by atoms with van der Waals surface area (Å²) in [5.74, 6) is 0.611. The number of carbonyl (C=O) groups is 1. The molecule has 1 aromatic rings. The van der Waals surface area contributed by atoms with Gasteiger partial charge in [0.1, 0.15) is 11.6 Å². The number of primary amides is 1. The first-order valence-electron chi connectivity index (χ1n) is 4.78. The highest BCUT2D eigenvalue weighted by molar-refractivity contribution is 7.98. The fourth-order valence-electron chi connectivity index (χ4n) is 1.23. The van der Waals surface area contributed by atoms with Gasteiger partial charge in [0.05, 0.1) is 6.54 Å². The van der Waals surface area contributed by atoms with Crippen molar-refractivity contribution < 1.29 is 4.79 Å². The van der Waals surface area contributed by atoms with Gasteiger partial charge in [-0.1, -0.05) is 11.8 Å². The molecule has 88 valence electrons. The molecule has 0 aromatic carbocycles. The first-order valence-corrected chi connectivity index (χ1v) is 6.01. The van der Waals surface area contributed by atoms with Crippen LogP contribution in [0.1, 0.15) is 6.92 Å². The normalized spacial score (nSPS) is 10.1. The van der Waals surface area contributed by atoms with Crippen LogP contribution in [0.25, 0.3) is 0 Å². The summed E-state index contributed by atoms with van der Waals surface area (Å²) in [6.07, 6.45) is 1.86. The maximum atomic E-state index is 10.9. The lowest BCUT2D eigenvalue weighted by Gasteiger charge is -2.20. The van der Waals surface area contributed by atoms with Crippen LogP contribution < -0.4 is 16.4 Å². The summed E-state index contributed by atoms with van der Waals surface area (Å²) < 4.78 is 0. The number of thioether (sulfide) groups is 1. The van der Waals surface area contributed by atoms with E-state index in [9.17, 15) is 4.79 Å². The number of rotatable bonds is 5. The standard InChI is InChI=1S/C9H15N5OS/c1-3-14(5-7(11)15)8-4-6(10)12-9(13-8)16-2/h4H,3,5H2,1-2H3,(H2,11,15)(H2,10,12,13). The number of carbonyl (C=O) groups excluding carboxylic acids is 1. The molecule has 0 aliphatic carbocycles. The van der Waals surface area contributed by atoms with Crippen LogP contribution in [0, 0.1) is 0 Å². The molecule has 1 heterocycles. The summed E-state index contributed by atoms with van der Waals surface area (Å²) in [5, 5.41) is 0.581. The van der Waals surface area contributed by atoms with Crippen molar-refractivity contribution in [3.05, 3.63) is 6.07 Å². The average molecular weight is 241 g/mol. The maximum Gasteiger partial charge on any atom is 0.236 e. The van der Waals surface area contributed by atoms with E-state index in [0.29, 0.717) is 23.3 Å². The third-order valence-electron chi connectivity index (χ3n) is 1.95. The van der Waals surface area contributed by atoms with E-state index < -0.39 is 5.91 Å². The van der Waals surface area contributed by atoms with E-state index in [0.717, 1.165) is 0 Å². The van der Waals surface area contributed by atoms with E-state index in [1.807, 2.05) is 13.2 Å². The molecular formula is C9H15N5OS. The molecule has 0 aliphatic rings. The number of nitrogens with zero attached hydrogens (tertiary/aromatic N) is 3. The largest absolute Gasteiger partial charge is 0.383 e. The molecule has 1 rings (SSSR count). The van der Waals surface area contributed by atoms with E-state index in [4.69, 9.17) is 11.5 Å². The van der Waals surface area contributed by atoms with Gasteiger partial charge in [-0.15, -0.1) is 0 Å². The van der Waals surface area contributed by atoms with Crippen LogP contribution >= 0.6 is 11.8 Å². The fraction of sp³-hybridized carbons (Fsp3) is 0.444. The Hall–Kier alpha value is -1.50. The van der Waals surface area contributed by atoms with E-state index in [2.05, 4.69) is 9.97 Å². The van der Waals surface area contributed by atoms with Crippen molar-refractivity contribution in [2.45, 2.75) is 12.1 Å². The highest BCUT2D eigenvalue weighted by Gasteiger charge is 2.11. The molecule has 6 nitrogen and oxygen atoms in total. The molecule has 0 unspecified atom stereocenters. The number of aromatic nitrogens is 2. The number of nitrogen functional groups attached to an aromatic ring is 1. The van der Waals surface area contributed by atoms with Gasteiger partial charge in [-0.3, -0.25) is 4.79 Å². The zero-order valence-electron chi connectivity index (χ0n) is 9.30. The Morgan fingerprint density at radius 1 is 1.56 bits per heavy atom. The molecule has 0 atom stereocenters. The zero-order valence-corrected chi connectivity index (χ0v) is 10.1. The molecule has 1 amide bonds. The van der Waals surface area contributed by atoms with Crippen molar-refractivity contribution in [2.24, 2.45) is 5.73 Å². The second-order valence-electron chi connectivity index (χ2n) is 3.12. The lowest BCUT2D eigenvalue weighted by Crippen LogP contribution is -2.34. The van der Waals surface area contributed by atoms with Crippen molar-refractivity contribution in [3.8, 4) is 0 Å². The Kier molecular flexibility index (Phi) is 4.36. The highest BCUT2D eigenvalue weighted by atomic mass is 32.2. The molecular weight excluding hydrogens is 226 g/mol. The molecule has 4 N–H and O–H groups in total. The Morgan fingerprint density at radius 2 is 2.25 bits per heavy atom. The predicted molar refractivity (Wildman–Crippen MR) is 65.3 cm³/mol. The van der Waals surface area contributed by atoms with Gasteiger partial charge in [-0.05, 0) is 13.2 Å². The van der Waals surface area contributed by atoms with Crippen LogP contribution in [0.5, 0.6) is 0 Å². The van der Waals surface area contributed by atoms with E-state index in [-0.39, 0.29) is 6.54 Å². The Morgan fingerprint density at radius 3 is 2.75 bits per heavy atom. The predicted octanol–water partition coefficient (Wildman–Crippen LogP) is 0.0923. The molecule has 0 fully saturated rings. The minimum Gasteiger partial charge on any atom is -0.383 e. The summed E-state index contributed by atoms with van der Waals surface area (Å²) in [4.78, 5) is 20.9. The second-order valence-corrected chi connectivity index (χ2v) is 3.89. The zero-order chi connectivity index (χ0) is 12.1. The van der Waals surface area contributed by atoms with Gasteiger partial charge in [-0.2, -0.15) is 0 Å². The van der Waals surface area contributed by atoms with Gasteiger partial charge < -0.3 is 16.4 Å². The van der Waals surface area contributed by atoms with Crippen molar-refractivity contribution >= 4 is 29.3 Å². The van der Waals surface area contributed by atoms with Crippen molar-refractivity contribution in [2.75, 3.05) is 30.0 Å². The summed E-state index contributed by atoms with van der Waals surface area (Å²) >= 11 is 1.40. The second kappa shape index (κ2) is 5.55. The third-order valence-corrected chi connectivity index (χ3v) is 2.49. The van der Waals surface area contributed by atoms with Crippen LogP contribution in [0.15, 0.2) is 11.2 Å². The van der Waals surface area contributed by atoms with Crippen LogP contribution in [-0.4, -0.2) is 35.2 Å². The van der Waals surface area contributed by atoms with Gasteiger partial charge in [-0.25, -0.2) is 9.97 Å². The number of likely N-dealkylation sites (N-methyl/N-ethyl adjacent to an activating group) is 1. The van der Waals surface area contributed by atoms with Crippen molar-refractivity contribution in [3.63, 3.8) is 0 Å². The van der Waals surface area contributed by atoms with Gasteiger partial charge in [0.25, 0.3) is 0 Å². The van der Waals surface area contributed by atoms with Crippen molar-refractivity contribution in [1.29, 1.82) is 0 Å². The highest BCUT2D eigenvalue weighted by Crippen LogP contribution is 2.18. The van der Waals surface area contributed by atoms with Gasteiger partial charge in [0.15, 0.2) is 5.16 Å². The molecule has 0 bridgehead atoms. The molecule has 0 saturated heterocycles. The van der Waals surface area contributed by atoms with Crippen LogP contribution in [0.4, 0.5) is 11.6 Å². The smallest absolute Gasteiger partial charge is 0.236 e. The molecule has 0 radical (unpaired) electrons. The van der Waals surface area contributed by atoms with Crippen LogP contribution in [0.3, 0.4) is 0 Å². The van der Waals surface area contributed by atoms with Crippen molar-refractivity contribution in [1.82, 2.24) is 9.97 Å². The molecule has 16 heavy (non-hydrogen) atoms. The Balaban J connectivity index is 2.99. The number of amides is 1. The van der Waals surface area contributed by atoms with Crippen LogP contribution in [-0.2, 0) is 4.79 Å². The Labute approximate surface area is 98.4 Å². The third kappa shape index (κ3) is 3.27.